The summed E-state index contributed by atoms with van der Waals surface area (Å²) in [7, 11) is -4.04. The zero-order valence-corrected chi connectivity index (χ0v) is 18.5. The van der Waals surface area contributed by atoms with Gasteiger partial charge in [-0.1, -0.05) is 29.8 Å². The second kappa shape index (κ2) is 8.91. The van der Waals surface area contributed by atoms with Gasteiger partial charge in [0.1, 0.15) is 22.0 Å². The third-order valence-corrected chi connectivity index (χ3v) is 6.15. The number of amides is 4. The fourth-order valence-electron chi connectivity index (χ4n) is 3.15. The zero-order chi connectivity index (χ0) is 24.5. The van der Waals surface area contributed by atoms with Crippen LogP contribution in [-0.4, -0.2) is 26.3 Å². The number of carbonyl (C=O) groups excluding carboxylic acids is 3. The number of anilines is 1. The first kappa shape index (κ1) is 22.9. The number of aryl methyl sites for hydroxylation is 1. The van der Waals surface area contributed by atoms with Crippen molar-refractivity contribution in [3.63, 3.8) is 0 Å². The van der Waals surface area contributed by atoms with Gasteiger partial charge in [0.2, 0.25) is 0 Å². The van der Waals surface area contributed by atoms with Crippen LogP contribution in [0.25, 0.3) is 6.08 Å². The number of hydrogen-bond acceptors (Lipinski definition) is 6. The van der Waals surface area contributed by atoms with Crippen molar-refractivity contribution in [3.05, 3.63) is 95.3 Å². The number of hydrogen-bond donors (Lipinski definition) is 1. The van der Waals surface area contributed by atoms with Crippen LogP contribution in [0.1, 0.15) is 11.1 Å². The first-order valence-corrected chi connectivity index (χ1v) is 11.3. The van der Waals surface area contributed by atoms with Crippen LogP contribution in [0.4, 0.5) is 14.9 Å². The minimum atomic E-state index is -4.04. The van der Waals surface area contributed by atoms with E-state index in [0.29, 0.717) is 5.56 Å². The Labute approximate surface area is 194 Å². The Bertz CT molecular complexity index is 1410. The lowest BCUT2D eigenvalue weighted by Gasteiger charge is -2.26. The molecule has 172 valence electrons. The molecule has 0 atom stereocenters. The van der Waals surface area contributed by atoms with Crippen molar-refractivity contribution in [3.8, 4) is 5.75 Å². The topological polar surface area (TPSA) is 110 Å². The van der Waals surface area contributed by atoms with Crippen LogP contribution in [0.3, 0.4) is 0 Å². The van der Waals surface area contributed by atoms with E-state index in [-0.39, 0.29) is 21.9 Å². The Balaban J connectivity index is 1.56. The number of benzene rings is 3. The lowest BCUT2D eigenvalue weighted by atomic mass is 10.1. The molecule has 0 aromatic heterocycles. The summed E-state index contributed by atoms with van der Waals surface area (Å²) in [5.41, 5.74) is 1.04. The summed E-state index contributed by atoms with van der Waals surface area (Å²) in [5, 5.41) is 2.07. The number of nitrogens with zero attached hydrogens (tertiary/aromatic N) is 1. The molecule has 0 unspecified atom stereocenters. The van der Waals surface area contributed by atoms with Gasteiger partial charge in [0.05, 0.1) is 5.69 Å². The van der Waals surface area contributed by atoms with Crippen molar-refractivity contribution < 1.29 is 31.4 Å². The molecule has 0 spiro atoms. The number of nitrogens with one attached hydrogen (secondary N) is 1. The highest BCUT2D eigenvalue weighted by atomic mass is 32.2. The maximum Gasteiger partial charge on any atom is 0.339 e. The van der Waals surface area contributed by atoms with Crippen LogP contribution >= 0.6 is 0 Å². The molecule has 1 aliphatic heterocycles. The fraction of sp³-hybridized carbons (Fsp3) is 0.0417. The number of barbiturate groups is 1. The van der Waals surface area contributed by atoms with Crippen molar-refractivity contribution in [1.29, 1.82) is 0 Å². The molecule has 10 heteroatoms. The van der Waals surface area contributed by atoms with Gasteiger partial charge in [0.15, 0.2) is 0 Å². The molecule has 1 heterocycles. The van der Waals surface area contributed by atoms with Gasteiger partial charge in [0, 0.05) is 0 Å². The lowest BCUT2D eigenvalue weighted by Crippen LogP contribution is -2.54. The van der Waals surface area contributed by atoms with E-state index >= 15 is 0 Å². The summed E-state index contributed by atoms with van der Waals surface area (Å²) < 4.78 is 43.2. The fourth-order valence-corrected chi connectivity index (χ4v) is 4.08. The highest BCUT2D eigenvalue weighted by Gasteiger charge is 2.36. The van der Waals surface area contributed by atoms with Gasteiger partial charge in [-0.2, -0.15) is 8.42 Å². The van der Waals surface area contributed by atoms with E-state index in [1.54, 1.807) is 12.1 Å². The Morgan fingerprint density at radius 3 is 2.12 bits per heavy atom. The first-order chi connectivity index (χ1) is 16.1. The van der Waals surface area contributed by atoms with Gasteiger partial charge in [-0.25, -0.2) is 14.1 Å². The molecule has 1 N–H and O–H groups in total. The molecule has 0 bridgehead atoms. The van der Waals surface area contributed by atoms with E-state index in [0.717, 1.165) is 22.6 Å². The highest BCUT2D eigenvalue weighted by molar-refractivity contribution is 7.87. The highest BCUT2D eigenvalue weighted by Crippen LogP contribution is 2.24. The third-order valence-electron chi connectivity index (χ3n) is 4.89. The minimum absolute atomic E-state index is 0.000630. The summed E-state index contributed by atoms with van der Waals surface area (Å²) in [5.74, 6) is -2.30. The van der Waals surface area contributed by atoms with Crippen LogP contribution in [0, 0.1) is 12.7 Å². The van der Waals surface area contributed by atoms with E-state index in [9.17, 15) is 27.2 Å². The van der Waals surface area contributed by atoms with Crippen LogP contribution in [0.15, 0.2) is 83.3 Å². The third kappa shape index (κ3) is 4.71. The summed E-state index contributed by atoms with van der Waals surface area (Å²) in [6.45, 7) is 1.83. The number of rotatable bonds is 5. The van der Waals surface area contributed by atoms with Gasteiger partial charge in [-0.15, -0.1) is 0 Å². The average molecular weight is 480 g/mol. The van der Waals surface area contributed by atoms with Gasteiger partial charge in [0.25, 0.3) is 11.8 Å². The average Bonchev–Trinajstić information content (AvgIpc) is 2.79. The molecular weight excluding hydrogens is 463 g/mol. The molecule has 0 saturated carbocycles. The maximum atomic E-state index is 13.2. The molecule has 0 aliphatic carbocycles. The Morgan fingerprint density at radius 2 is 1.50 bits per heavy atom. The lowest BCUT2D eigenvalue weighted by molar-refractivity contribution is -0.122. The molecule has 8 nitrogen and oxygen atoms in total. The second-order valence-electron chi connectivity index (χ2n) is 7.35. The smallest absolute Gasteiger partial charge is 0.339 e. The number of carbonyl (C=O) groups is 3. The normalized spacial score (nSPS) is 15.4. The number of halogens is 1. The quantitative estimate of drug-likeness (QED) is 0.340. The molecular formula is C24H17FN2O6S. The van der Waals surface area contributed by atoms with Crippen LogP contribution < -0.4 is 14.4 Å². The monoisotopic (exact) mass is 480 g/mol. The summed E-state index contributed by atoms with van der Waals surface area (Å²) in [6.07, 6.45) is 1.25. The Morgan fingerprint density at radius 1 is 0.882 bits per heavy atom. The maximum absolute atomic E-state index is 13.2. The van der Waals surface area contributed by atoms with Crippen LogP contribution in [-0.2, 0) is 19.7 Å². The van der Waals surface area contributed by atoms with Crippen molar-refractivity contribution in [1.82, 2.24) is 5.32 Å². The molecule has 3 aromatic carbocycles. The van der Waals surface area contributed by atoms with Crippen molar-refractivity contribution in [2.45, 2.75) is 11.8 Å². The largest absolute Gasteiger partial charge is 0.379 e. The van der Waals surface area contributed by atoms with Crippen molar-refractivity contribution in [2.24, 2.45) is 0 Å². The van der Waals surface area contributed by atoms with E-state index in [4.69, 9.17) is 4.18 Å². The SMILES string of the molecule is Cc1ccc(S(=O)(=O)Oc2ccc(/C=C3\C(=O)NC(=O)N(c4ccc(F)cc4)C3=O)cc2)cc1. The molecule has 3 aromatic rings. The predicted molar refractivity (Wildman–Crippen MR) is 121 cm³/mol. The molecule has 1 saturated heterocycles. The molecule has 0 radical (unpaired) electrons. The standard InChI is InChI=1S/C24H17FN2O6S/c1-15-2-12-20(13-3-15)34(31,32)33-19-10-4-16(5-11-19)14-21-22(28)26-24(30)27(23(21)29)18-8-6-17(25)7-9-18/h2-14H,1H3,(H,26,28,30)/b21-14+. The van der Waals surface area contributed by atoms with Crippen LogP contribution in [0.5, 0.6) is 5.75 Å². The van der Waals surface area contributed by atoms with Gasteiger partial charge >= 0.3 is 16.1 Å². The summed E-state index contributed by atoms with van der Waals surface area (Å²) in [4.78, 5) is 38.0. The van der Waals surface area contributed by atoms with E-state index in [2.05, 4.69) is 5.32 Å². The van der Waals surface area contributed by atoms with Crippen molar-refractivity contribution >= 4 is 39.7 Å². The summed E-state index contributed by atoms with van der Waals surface area (Å²) in [6, 6.07) is 15.5. The second-order valence-corrected chi connectivity index (χ2v) is 8.90. The molecule has 4 amide bonds. The van der Waals surface area contributed by atoms with Gasteiger partial charge in [-0.3, -0.25) is 14.9 Å². The number of imide groups is 2. The van der Waals surface area contributed by atoms with E-state index < -0.39 is 33.8 Å². The number of urea groups is 1. The first-order valence-electron chi connectivity index (χ1n) is 9.92. The summed E-state index contributed by atoms with van der Waals surface area (Å²) >= 11 is 0. The predicted octanol–water partition coefficient (Wildman–Crippen LogP) is 3.57. The molecule has 34 heavy (non-hydrogen) atoms. The Kier molecular flexibility index (Phi) is 5.99. The Hall–Kier alpha value is -4.31. The van der Waals surface area contributed by atoms with Gasteiger partial charge in [-0.05, 0) is 67.1 Å². The molecule has 1 aliphatic rings. The van der Waals surface area contributed by atoms with Crippen molar-refractivity contribution in [2.75, 3.05) is 4.90 Å². The van der Waals surface area contributed by atoms with Crippen LogP contribution in [0.2, 0.25) is 0 Å². The van der Waals surface area contributed by atoms with Gasteiger partial charge < -0.3 is 4.18 Å². The van der Waals surface area contributed by atoms with E-state index in [1.165, 1.54) is 54.6 Å². The minimum Gasteiger partial charge on any atom is -0.379 e. The van der Waals surface area contributed by atoms with E-state index in [1.807, 2.05) is 6.92 Å². The zero-order valence-electron chi connectivity index (χ0n) is 17.7. The molecule has 1 fully saturated rings. The molecule has 4 rings (SSSR count).